The average Bonchev–Trinajstić information content (AvgIpc) is 3.17. The number of hydrogen-bond acceptors (Lipinski definition) is 6. The number of likely N-dealkylation sites (tertiary alicyclic amines) is 1. The van der Waals surface area contributed by atoms with Crippen LogP contribution < -0.4 is 9.47 Å². The highest BCUT2D eigenvalue weighted by Crippen LogP contribution is 2.32. The first-order valence-electron chi connectivity index (χ1n) is 8.23. The van der Waals surface area contributed by atoms with Crippen molar-refractivity contribution in [3.05, 3.63) is 39.8 Å². The molecule has 8 heteroatoms. The van der Waals surface area contributed by atoms with E-state index in [-0.39, 0.29) is 17.5 Å². The van der Waals surface area contributed by atoms with Gasteiger partial charge >= 0.3 is 5.97 Å². The zero-order chi connectivity index (χ0) is 18.7. The number of carboxylic acids is 1. The Kier molecular flexibility index (Phi) is 5.41. The van der Waals surface area contributed by atoms with Gasteiger partial charge in [-0.2, -0.15) is 0 Å². The lowest BCUT2D eigenvalue weighted by Crippen LogP contribution is -2.38. The number of thiazole rings is 1. The molecule has 1 amide bonds. The van der Waals surface area contributed by atoms with Gasteiger partial charge in [-0.05, 0) is 25.0 Å². The smallest absolute Gasteiger partial charge is 0.355 e. The fourth-order valence-electron chi connectivity index (χ4n) is 3.05. The molecule has 0 atom stereocenters. The topological polar surface area (TPSA) is 89.0 Å². The van der Waals surface area contributed by atoms with Crippen LogP contribution in [0.25, 0.3) is 0 Å². The third kappa shape index (κ3) is 3.65. The van der Waals surface area contributed by atoms with Gasteiger partial charge in [-0.25, -0.2) is 9.78 Å². The molecule has 7 nitrogen and oxygen atoms in total. The number of hydrogen-bond donors (Lipinski definition) is 1. The minimum atomic E-state index is -1.01. The number of amides is 1. The van der Waals surface area contributed by atoms with Crippen LogP contribution in [0.4, 0.5) is 0 Å². The second-order valence-corrected chi connectivity index (χ2v) is 6.90. The molecule has 26 heavy (non-hydrogen) atoms. The number of methoxy groups -OCH3 is 2. The third-order valence-electron chi connectivity index (χ3n) is 4.51. The van der Waals surface area contributed by atoms with Gasteiger partial charge in [0.15, 0.2) is 5.69 Å². The van der Waals surface area contributed by atoms with Crippen molar-refractivity contribution in [2.45, 2.75) is 18.8 Å². The number of carbonyl (C=O) groups excluding carboxylic acids is 1. The molecular formula is C18H20N2O5S. The summed E-state index contributed by atoms with van der Waals surface area (Å²) < 4.78 is 10.5. The molecular weight excluding hydrogens is 356 g/mol. The van der Waals surface area contributed by atoms with E-state index in [4.69, 9.17) is 14.6 Å². The number of carboxylic acid groups (broad SMARTS) is 1. The maximum absolute atomic E-state index is 12.8. The molecule has 0 saturated carbocycles. The Labute approximate surface area is 155 Å². The minimum absolute atomic E-state index is 0.0756. The van der Waals surface area contributed by atoms with Crippen LogP contribution in [0.5, 0.6) is 11.5 Å². The number of carbonyl (C=O) groups is 2. The maximum Gasteiger partial charge on any atom is 0.355 e. The van der Waals surface area contributed by atoms with Gasteiger partial charge in [-0.1, -0.05) is 0 Å². The molecule has 0 spiro atoms. The van der Waals surface area contributed by atoms with Crippen LogP contribution in [0.15, 0.2) is 23.6 Å². The number of benzene rings is 1. The van der Waals surface area contributed by atoms with Crippen molar-refractivity contribution in [2.75, 3.05) is 27.3 Å². The van der Waals surface area contributed by atoms with E-state index in [2.05, 4.69) is 4.98 Å². The molecule has 0 radical (unpaired) electrons. The Balaban J connectivity index is 1.67. The number of piperidine rings is 1. The van der Waals surface area contributed by atoms with Crippen LogP contribution in [-0.2, 0) is 0 Å². The number of aromatic carboxylic acids is 1. The molecule has 138 valence electrons. The number of rotatable bonds is 5. The summed E-state index contributed by atoms with van der Waals surface area (Å²) in [7, 11) is 3.09. The fraction of sp³-hybridized carbons (Fsp3) is 0.389. The first-order valence-corrected chi connectivity index (χ1v) is 9.11. The van der Waals surface area contributed by atoms with Crippen molar-refractivity contribution in [1.82, 2.24) is 9.88 Å². The molecule has 1 aliphatic heterocycles. The monoisotopic (exact) mass is 376 g/mol. The summed E-state index contributed by atoms with van der Waals surface area (Å²) in [6, 6.07) is 5.15. The highest BCUT2D eigenvalue weighted by atomic mass is 32.1. The highest BCUT2D eigenvalue weighted by Gasteiger charge is 2.28. The van der Waals surface area contributed by atoms with Crippen molar-refractivity contribution in [3.63, 3.8) is 0 Å². The Morgan fingerprint density at radius 2 is 1.96 bits per heavy atom. The molecule has 2 aromatic rings. The molecule has 2 heterocycles. The van der Waals surface area contributed by atoms with Crippen LogP contribution in [-0.4, -0.2) is 54.2 Å². The molecule has 0 unspecified atom stereocenters. The molecule has 0 aliphatic carbocycles. The van der Waals surface area contributed by atoms with Crippen molar-refractivity contribution in [1.29, 1.82) is 0 Å². The molecule has 1 N–H and O–H groups in total. The number of aromatic nitrogens is 1. The van der Waals surface area contributed by atoms with Gasteiger partial charge in [-0.15, -0.1) is 11.3 Å². The predicted molar refractivity (Wildman–Crippen MR) is 96.5 cm³/mol. The van der Waals surface area contributed by atoms with Crippen LogP contribution in [0.1, 0.15) is 44.6 Å². The summed E-state index contributed by atoms with van der Waals surface area (Å²) in [5, 5.41) is 11.4. The van der Waals surface area contributed by atoms with E-state index in [9.17, 15) is 9.59 Å². The Bertz CT molecular complexity index is 812. The van der Waals surface area contributed by atoms with Crippen LogP contribution in [0.3, 0.4) is 0 Å². The zero-order valence-electron chi connectivity index (χ0n) is 14.6. The van der Waals surface area contributed by atoms with E-state index in [1.165, 1.54) is 18.4 Å². The predicted octanol–water partition coefficient (Wildman–Crippen LogP) is 2.88. The zero-order valence-corrected chi connectivity index (χ0v) is 15.4. The van der Waals surface area contributed by atoms with Gasteiger partial charge in [0.25, 0.3) is 5.91 Å². The van der Waals surface area contributed by atoms with Gasteiger partial charge in [0.2, 0.25) is 0 Å². The molecule has 1 aliphatic rings. The second kappa shape index (κ2) is 7.74. The van der Waals surface area contributed by atoms with Crippen molar-refractivity contribution in [2.24, 2.45) is 0 Å². The first-order chi connectivity index (χ1) is 12.5. The van der Waals surface area contributed by atoms with Gasteiger partial charge in [0, 0.05) is 30.5 Å². The van der Waals surface area contributed by atoms with Gasteiger partial charge in [0.05, 0.1) is 24.8 Å². The highest BCUT2D eigenvalue weighted by molar-refractivity contribution is 7.09. The van der Waals surface area contributed by atoms with Crippen LogP contribution >= 0.6 is 11.3 Å². The SMILES string of the molecule is COc1ccc(C(=O)N2CCC(c3nc(C(=O)O)cs3)CC2)c(OC)c1. The molecule has 3 rings (SSSR count). The summed E-state index contributed by atoms with van der Waals surface area (Å²) in [6.45, 7) is 1.20. The van der Waals surface area contributed by atoms with Gasteiger partial charge in [0.1, 0.15) is 11.5 Å². The largest absolute Gasteiger partial charge is 0.497 e. The lowest BCUT2D eigenvalue weighted by atomic mass is 9.97. The van der Waals surface area contributed by atoms with E-state index in [0.29, 0.717) is 30.2 Å². The second-order valence-electron chi connectivity index (χ2n) is 6.01. The standard InChI is InChI=1S/C18H20N2O5S/c1-24-12-3-4-13(15(9-12)25-2)17(21)20-7-5-11(6-8-20)16-19-14(10-26-16)18(22)23/h3-4,9-11H,5-8H2,1-2H3,(H,22,23). The number of ether oxygens (including phenoxy) is 2. The first kappa shape index (κ1) is 18.2. The maximum atomic E-state index is 12.8. The average molecular weight is 376 g/mol. The molecule has 1 aromatic carbocycles. The van der Waals surface area contributed by atoms with E-state index in [1.807, 2.05) is 0 Å². The molecule has 1 aromatic heterocycles. The van der Waals surface area contributed by atoms with E-state index in [0.717, 1.165) is 17.8 Å². The lowest BCUT2D eigenvalue weighted by molar-refractivity contribution is 0.0690. The Morgan fingerprint density at radius 1 is 1.23 bits per heavy atom. The summed E-state index contributed by atoms with van der Waals surface area (Å²) >= 11 is 1.37. The van der Waals surface area contributed by atoms with E-state index in [1.54, 1.807) is 35.6 Å². The summed E-state index contributed by atoms with van der Waals surface area (Å²) in [5.41, 5.74) is 0.598. The lowest BCUT2D eigenvalue weighted by Gasteiger charge is -2.31. The molecule has 1 saturated heterocycles. The van der Waals surface area contributed by atoms with Crippen LogP contribution in [0, 0.1) is 0 Å². The summed E-state index contributed by atoms with van der Waals surface area (Å²) in [4.78, 5) is 29.8. The summed E-state index contributed by atoms with van der Waals surface area (Å²) in [6.07, 6.45) is 1.52. The van der Waals surface area contributed by atoms with E-state index < -0.39 is 5.97 Å². The summed E-state index contributed by atoms with van der Waals surface area (Å²) in [5.74, 6) is 0.229. The Morgan fingerprint density at radius 3 is 2.54 bits per heavy atom. The van der Waals surface area contributed by atoms with Crippen molar-refractivity contribution in [3.8, 4) is 11.5 Å². The molecule has 1 fully saturated rings. The van der Waals surface area contributed by atoms with Crippen molar-refractivity contribution >= 4 is 23.2 Å². The van der Waals surface area contributed by atoms with Crippen molar-refractivity contribution < 1.29 is 24.2 Å². The third-order valence-corrected chi connectivity index (χ3v) is 5.52. The van der Waals surface area contributed by atoms with E-state index >= 15 is 0 Å². The fourth-order valence-corrected chi connectivity index (χ4v) is 4.01. The van der Waals surface area contributed by atoms with Gasteiger partial charge in [-0.3, -0.25) is 4.79 Å². The minimum Gasteiger partial charge on any atom is -0.497 e. The van der Waals surface area contributed by atoms with Gasteiger partial charge < -0.3 is 19.5 Å². The van der Waals surface area contributed by atoms with Crippen LogP contribution in [0.2, 0.25) is 0 Å². The molecule has 0 bridgehead atoms. The quantitative estimate of drug-likeness (QED) is 0.863. The number of nitrogens with zero attached hydrogens (tertiary/aromatic N) is 2. The normalized spacial score (nSPS) is 14.9. The Hall–Kier alpha value is -2.61.